The first kappa shape index (κ1) is 29.7. The number of hydrogen-bond acceptors (Lipinski definition) is 8. The Labute approximate surface area is 189 Å². The van der Waals surface area contributed by atoms with Gasteiger partial charge in [-0.2, -0.15) is 0 Å². The molecule has 0 rings (SSSR count). The third kappa shape index (κ3) is 12.5. The molecule has 186 valence electrons. The van der Waals surface area contributed by atoms with Gasteiger partial charge in [0.2, 0.25) is 0 Å². The van der Waals surface area contributed by atoms with Crippen LogP contribution in [0.5, 0.6) is 0 Å². The molecule has 12 nitrogen and oxygen atoms in total. The van der Waals surface area contributed by atoms with Crippen LogP contribution in [0.15, 0.2) is 9.98 Å². The molecule has 0 aromatic carbocycles. The number of hydrogen-bond donors (Lipinski definition) is 8. The van der Waals surface area contributed by atoms with Crippen LogP contribution in [-0.4, -0.2) is 95.0 Å². The first-order valence-electron chi connectivity index (χ1n) is 10.9. The molecule has 0 fully saturated rings. The van der Waals surface area contributed by atoms with Crippen LogP contribution in [0.1, 0.15) is 51.9 Å². The zero-order valence-corrected chi connectivity index (χ0v) is 19.0. The third-order valence-corrected chi connectivity index (χ3v) is 4.66. The summed E-state index contributed by atoms with van der Waals surface area (Å²) in [7, 11) is 1.22. The Morgan fingerprint density at radius 3 is 1.75 bits per heavy atom. The van der Waals surface area contributed by atoms with Crippen LogP contribution >= 0.6 is 0 Å². The molecule has 0 spiro atoms. The Hall–Kier alpha value is -2.28. The molecule has 4 atom stereocenters. The normalized spacial score (nSPS) is 16.2. The Morgan fingerprint density at radius 1 is 0.812 bits per heavy atom. The van der Waals surface area contributed by atoms with Gasteiger partial charge in [0.05, 0.1) is 18.2 Å². The number of likely N-dealkylation sites (N-methyl/N-ethyl adjacent to an activating group) is 1. The largest absolute Gasteiger partial charge is 0.387 e. The summed E-state index contributed by atoms with van der Waals surface area (Å²) in [5, 5.41) is 43.2. The minimum absolute atomic E-state index is 0.0494. The topological polar surface area (TPSA) is 216 Å². The van der Waals surface area contributed by atoms with E-state index in [1.165, 1.54) is 7.05 Å². The van der Waals surface area contributed by atoms with Gasteiger partial charge in [-0.1, -0.05) is 19.8 Å². The van der Waals surface area contributed by atoms with Gasteiger partial charge < -0.3 is 42.5 Å². The maximum absolute atomic E-state index is 11.9. The maximum Gasteiger partial charge on any atom is 0.251 e. The first-order valence-corrected chi connectivity index (χ1v) is 10.9. The lowest BCUT2D eigenvalue weighted by molar-refractivity contribution is -0.155. The number of nitrogens with zero attached hydrogens (tertiary/aromatic N) is 2. The fourth-order valence-corrected chi connectivity index (χ4v) is 2.69. The predicted octanol–water partition coefficient (Wildman–Crippen LogP) is -2.24. The fourth-order valence-electron chi connectivity index (χ4n) is 2.69. The number of carbonyl (C=O) groups excluding carboxylic acids is 2. The summed E-state index contributed by atoms with van der Waals surface area (Å²) in [6.07, 6.45) is -1.85. The van der Waals surface area contributed by atoms with Crippen molar-refractivity contribution in [1.29, 1.82) is 0 Å². The number of aliphatic imine (C=N–C) groups is 2. The Kier molecular flexibility index (Phi) is 16.1. The van der Waals surface area contributed by atoms with Crippen LogP contribution in [0.3, 0.4) is 0 Å². The summed E-state index contributed by atoms with van der Waals surface area (Å²) in [5.41, 5.74) is 11.6. The lowest BCUT2D eigenvalue weighted by Crippen LogP contribution is -2.54. The molecule has 0 aliphatic carbocycles. The molecule has 10 N–H and O–H groups in total. The molecule has 0 saturated carbocycles. The first-order chi connectivity index (χ1) is 15.1. The van der Waals surface area contributed by atoms with Crippen molar-refractivity contribution in [2.75, 3.05) is 26.7 Å². The zero-order valence-electron chi connectivity index (χ0n) is 19.0. The van der Waals surface area contributed by atoms with Crippen LogP contribution in [0.25, 0.3) is 0 Å². The summed E-state index contributed by atoms with van der Waals surface area (Å²) < 4.78 is 0. The SMILES string of the molecule is CCCN=C(N)CCCCCCC(N)=NCCNC(=O)[C@H](O)[C@@H](O)[C@@H](O)[C@H](O)C(=O)NC. The molecular weight excluding hydrogens is 420 g/mol. The van der Waals surface area contributed by atoms with E-state index in [4.69, 9.17) is 11.5 Å². The van der Waals surface area contributed by atoms with Crippen LogP contribution in [0, 0.1) is 0 Å². The minimum atomic E-state index is -2.05. The van der Waals surface area contributed by atoms with Gasteiger partial charge in [0.1, 0.15) is 12.2 Å². The van der Waals surface area contributed by atoms with E-state index in [0.29, 0.717) is 18.1 Å². The lowest BCUT2D eigenvalue weighted by atomic mass is 10.0. The van der Waals surface area contributed by atoms with Crippen molar-refractivity contribution < 1.29 is 30.0 Å². The second-order valence-corrected chi connectivity index (χ2v) is 7.44. The number of nitrogens with two attached hydrogens (primary N) is 2. The number of amidine groups is 2. The van der Waals surface area contributed by atoms with Gasteiger partial charge in [-0.25, -0.2) is 0 Å². The van der Waals surface area contributed by atoms with Gasteiger partial charge in [-0.05, 0) is 19.3 Å². The van der Waals surface area contributed by atoms with E-state index in [-0.39, 0.29) is 13.1 Å². The van der Waals surface area contributed by atoms with Gasteiger partial charge in [0, 0.05) is 33.0 Å². The van der Waals surface area contributed by atoms with Gasteiger partial charge in [-0.3, -0.25) is 19.6 Å². The Bertz CT molecular complexity index is 615. The maximum atomic E-state index is 11.9. The third-order valence-electron chi connectivity index (χ3n) is 4.66. The van der Waals surface area contributed by atoms with Crippen molar-refractivity contribution in [3.8, 4) is 0 Å². The quantitative estimate of drug-likeness (QED) is 0.0672. The van der Waals surface area contributed by atoms with Crippen molar-refractivity contribution in [3.63, 3.8) is 0 Å². The average molecular weight is 461 g/mol. The summed E-state index contributed by atoms with van der Waals surface area (Å²) in [5.74, 6) is -0.784. The van der Waals surface area contributed by atoms with Crippen molar-refractivity contribution in [2.45, 2.75) is 76.3 Å². The van der Waals surface area contributed by atoms with E-state index in [1.54, 1.807) is 0 Å². The van der Waals surface area contributed by atoms with Gasteiger partial charge in [0.15, 0.2) is 12.2 Å². The number of carbonyl (C=O) groups is 2. The van der Waals surface area contributed by atoms with Crippen molar-refractivity contribution >= 4 is 23.5 Å². The Balaban J connectivity index is 4.08. The van der Waals surface area contributed by atoms with Crippen LogP contribution in [0.4, 0.5) is 0 Å². The smallest absolute Gasteiger partial charge is 0.251 e. The zero-order chi connectivity index (χ0) is 24.5. The molecule has 0 aliphatic rings. The second-order valence-electron chi connectivity index (χ2n) is 7.44. The van der Waals surface area contributed by atoms with Crippen LogP contribution in [-0.2, 0) is 9.59 Å². The van der Waals surface area contributed by atoms with E-state index >= 15 is 0 Å². The summed E-state index contributed by atoms with van der Waals surface area (Å²) in [4.78, 5) is 31.5. The molecule has 2 amide bonds. The number of aliphatic hydroxyl groups excluding tert-OH is 4. The summed E-state index contributed by atoms with van der Waals surface area (Å²) >= 11 is 0. The molecule has 32 heavy (non-hydrogen) atoms. The number of nitrogens with one attached hydrogen (secondary N) is 2. The molecule has 0 radical (unpaired) electrons. The predicted molar refractivity (Wildman–Crippen MR) is 122 cm³/mol. The van der Waals surface area contributed by atoms with Gasteiger partial charge in [0.25, 0.3) is 11.8 Å². The van der Waals surface area contributed by atoms with Crippen molar-refractivity contribution in [1.82, 2.24) is 10.6 Å². The number of aliphatic hydroxyl groups is 4. The standard InChI is InChI=1S/C20H40N6O6/c1-3-10-24-13(21)8-6-4-5-7-9-14(22)25-11-12-26-20(32)18(30)16(28)15(27)17(29)19(31)23-2/h15-18,27-30H,3-12H2,1-2H3,(H2,21,24)(H2,22,25)(H,23,31)(H,26,32)/t15-,16+,17+,18-/m1/s1. The number of unbranched alkanes of at least 4 members (excludes halogenated alkanes) is 3. The van der Waals surface area contributed by atoms with Gasteiger partial charge in [-0.15, -0.1) is 0 Å². The molecule has 12 heteroatoms. The average Bonchev–Trinajstić information content (AvgIpc) is 2.79. The van der Waals surface area contributed by atoms with E-state index in [2.05, 4.69) is 27.5 Å². The monoisotopic (exact) mass is 460 g/mol. The molecule has 0 aromatic heterocycles. The summed E-state index contributed by atoms with van der Waals surface area (Å²) in [6.45, 7) is 3.04. The summed E-state index contributed by atoms with van der Waals surface area (Å²) in [6, 6.07) is 0. The molecule has 0 unspecified atom stereocenters. The van der Waals surface area contributed by atoms with E-state index < -0.39 is 36.2 Å². The lowest BCUT2D eigenvalue weighted by Gasteiger charge is -2.25. The molecule has 0 aliphatic heterocycles. The van der Waals surface area contributed by atoms with Crippen molar-refractivity contribution in [3.05, 3.63) is 0 Å². The van der Waals surface area contributed by atoms with Gasteiger partial charge >= 0.3 is 0 Å². The number of rotatable bonds is 17. The highest BCUT2D eigenvalue weighted by atomic mass is 16.4. The fraction of sp³-hybridized carbons (Fsp3) is 0.800. The highest BCUT2D eigenvalue weighted by Crippen LogP contribution is 2.07. The highest BCUT2D eigenvalue weighted by molar-refractivity contribution is 5.83. The van der Waals surface area contributed by atoms with E-state index in [9.17, 15) is 30.0 Å². The second kappa shape index (κ2) is 17.3. The molecular formula is C20H40N6O6. The van der Waals surface area contributed by atoms with Crippen LogP contribution < -0.4 is 22.1 Å². The molecule has 0 bridgehead atoms. The highest BCUT2D eigenvalue weighted by Gasteiger charge is 2.36. The molecule has 0 aromatic rings. The Morgan fingerprint density at radius 2 is 1.28 bits per heavy atom. The van der Waals surface area contributed by atoms with Crippen molar-refractivity contribution in [2.24, 2.45) is 21.5 Å². The van der Waals surface area contributed by atoms with Crippen LogP contribution in [0.2, 0.25) is 0 Å². The minimum Gasteiger partial charge on any atom is -0.387 e. The molecule has 0 heterocycles. The molecule has 0 saturated heterocycles. The number of amides is 2. The van der Waals surface area contributed by atoms with E-state index in [0.717, 1.165) is 45.1 Å². The van der Waals surface area contributed by atoms with E-state index in [1.807, 2.05) is 0 Å².